The summed E-state index contributed by atoms with van der Waals surface area (Å²) in [5, 5.41) is 4.62. The van der Waals surface area contributed by atoms with E-state index >= 15 is 0 Å². The van der Waals surface area contributed by atoms with Crippen molar-refractivity contribution < 1.29 is 32.0 Å². The van der Waals surface area contributed by atoms with Gasteiger partial charge in [0.2, 0.25) is 17.8 Å². The van der Waals surface area contributed by atoms with Crippen molar-refractivity contribution in [3.05, 3.63) is 79.1 Å². The maximum Gasteiger partial charge on any atom is 0.335 e. The van der Waals surface area contributed by atoms with Crippen LogP contribution in [0.4, 0.5) is 11.6 Å². The molecular weight excluding hydrogens is 913 g/mol. The minimum absolute atomic E-state index is 0.0758. The SMILES string of the molecule is CCNP(=O)(COc1cccc(-c2cn(C3CC(CN4CCC4)C3)c3nc[n+](CCOP(=O)(Cc4cccc(-c5cn(C6CC(CN7CCC7)C6)c6ncnc(N)c56)c4)OCC)c(N)c23)c1)OCC. The third-order valence-electron chi connectivity index (χ3n) is 14.5. The Morgan fingerprint density at radius 1 is 0.754 bits per heavy atom. The van der Waals surface area contributed by atoms with Crippen LogP contribution in [0.15, 0.2) is 73.6 Å². The van der Waals surface area contributed by atoms with Crippen molar-refractivity contribution >= 4 is 48.8 Å². The smallest absolute Gasteiger partial charge is 0.335 e. The lowest BCUT2D eigenvalue weighted by Gasteiger charge is -2.42. The fourth-order valence-corrected chi connectivity index (χ4v) is 13.8. The lowest BCUT2D eigenvalue weighted by atomic mass is 9.79. The van der Waals surface area contributed by atoms with Crippen LogP contribution in [-0.4, -0.2) is 106 Å². The first-order valence-electron chi connectivity index (χ1n) is 25.0. The van der Waals surface area contributed by atoms with Gasteiger partial charge in [0.25, 0.3) is 0 Å². The number of hydrogen-bond acceptors (Lipinski definition) is 13. The number of benzene rings is 2. The molecule has 19 heteroatoms. The van der Waals surface area contributed by atoms with Gasteiger partial charge in [0, 0.05) is 55.2 Å². The second-order valence-electron chi connectivity index (χ2n) is 19.3. The van der Waals surface area contributed by atoms with Crippen molar-refractivity contribution in [1.82, 2.24) is 39.0 Å². The molecule has 6 heterocycles. The summed E-state index contributed by atoms with van der Waals surface area (Å²) in [6.07, 6.45) is 14.6. The molecule has 2 saturated carbocycles. The molecule has 4 aliphatic rings. The Kier molecular flexibility index (Phi) is 14.3. The van der Waals surface area contributed by atoms with Crippen molar-refractivity contribution in [1.29, 1.82) is 0 Å². The molecule has 0 radical (unpaired) electrons. The molecule has 10 rings (SSSR count). The van der Waals surface area contributed by atoms with Crippen LogP contribution in [0, 0.1) is 11.8 Å². The summed E-state index contributed by atoms with van der Waals surface area (Å²) in [5.74, 6) is 2.86. The highest BCUT2D eigenvalue weighted by molar-refractivity contribution is 7.56. The van der Waals surface area contributed by atoms with E-state index in [1.165, 1.54) is 45.6 Å². The van der Waals surface area contributed by atoms with Crippen molar-refractivity contribution in [3.8, 4) is 28.0 Å². The van der Waals surface area contributed by atoms with E-state index in [1.54, 1.807) is 12.7 Å². The van der Waals surface area contributed by atoms with Gasteiger partial charge in [-0.3, -0.25) is 9.13 Å². The molecule has 17 nitrogen and oxygen atoms in total. The number of aromatic nitrogens is 6. The number of fused-ring (bicyclic) bond motifs is 2. The molecule has 69 heavy (non-hydrogen) atoms. The van der Waals surface area contributed by atoms with E-state index in [-0.39, 0.29) is 32.3 Å². The molecule has 2 aromatic carbocycles. The Bertz CT molecular complexity index is 2860. The van der Waals surface area contributed by atoms with Gasteiger partial charge in [0.15, 0.2) is 6.35 Å². The summed E-state index contributed by atoms with van der Waals surface area (Å²) in [5.41, 5.74) is 19.8. The molecule has 0 amide bonds. The van der Waals surface area contributed by atoms with Gasteiger partial charge < -0.3 is 48.7 Å². The van der Waals surface area contributed by atoms with E-state index in [9.17, 15) is 9.13 Å². The van der Waals surface area contributed by atoms with Crippen LogP contribution in [-0.2, 0) is 35.4 Å². The fraction of sp³-hybridized carbons (Fsp3) is 0.520. The van der Waals surface area contributed by atoms with Crippen molar-refractivity contribution in [2.75, 3.05) is 83.4 Å². The molecule has 0 spiro atoms. The second kappa shape index (κ2) is 20.6. The Morgan fingerprint density at radius 3 is 2.00 bits per heavy atom. The van der Waals surface area contributed by atoms with Crippen LogP contribution < -0.4 is 25.9 Å². The van der Waals surface area contributed by atoms with Crippen molar-refractivity contribution in [3.63, 3.8) is 0 Å². The number of nitrogens with two attached hydrogens (primary N) is 2. The Morgan fingerprint density at radius 2 is 1.38 bits per heavy atom. The van der Waals surface area contributed by atoms with Crippen molar-refractivity contribution in [2.24, 2.45) is 11.8 Å². The summed E-state index contributed by atoms with van der Waals surface area (Å²) in [7, 11) is -6.82. The highest BCUT2D eigenvalue weighted by Crippen LogP contribution is 2.52. The number of likely N-dealkylation sites (tertiary alicyclic amines) is 2. The van der Waals surface area contributed by atoms with Gasteiger partial charge in [-0.05, 0) is 119 Å². The van der Waals surface area contributed by atoms with Gasteiger partial charge in [0.05, 0.1) is 37.9 Å². The summed E-state index contributed by atoms with van der Waals surface area (Å²) in [6, 6.07) is 16.4. The first-order chi connectivity index (χ1) is 33.5. The molecule has 2 aliphatic carbocycles. The zero-order valence-corrected chi connectivity index (χ0v) is 42.0. The molecule has 4 aromatic heterocycles. The second-order valence-corrected chi connectivity index (χ2v) is 23.5. The Hall–Kier alpha value is -4.70. The molecule has 2 atom stereocenters. The highest BCUT2D eigenvalue weighted by Gasteiger charge is 2.37. The van der Waals surface area contributed by atoms with E-state index in [0.717, 1.165) is 82.1 Å². The molecule has 2 unspecified atom stereocenters. The lowest BCUT2D eigenvalue weighted by molar-refractivity contribution is -0.685. The van der Waals surface area contributed by atoms with E-state index in [0.29, 0.717) is 54.5 Å². The number of nitrogen functional groups attached to an aromatic ring is 2. The van der Waals surface area contributed by atoms with Crippen LogP contribution in [0.2, 0.25) is 0 Å². The number of nitrogens with one attached hydrogen (secondary N) is 1. The van der Waals surface area contributed by atoms with Gasteiger partial charge in [-0.2, -0.15) is 0 Å². The van der Waals surface area contributed by atoms with E-state index in [4.69, 9.17) is 39.7 Å². The third-order valence-corrected chi connectivity index (χ3v) is 18.4. The fourth-order valence-electron chi connectivity index (χ4n) is 10.7. The average molecular weight is 981 g/mol. The van der Waals surface area contributed by atoms with Crippen LogP contribution in [0.5, 0.6) is 5.75 Å². The number of anilines is 2. The van der Waals surface area contributed by atoms with Gasteiger partial charge in [0.1, 0.15) is 28.9 Å². The molecular formula is C50H68N11O6P2+. The molecule has 4 fully saturated rings. The zero-order valence-electron chi connectivity index (χ0n) is 40.2. The summed E-state index contributed by atoms with van der Waals surface area (Å²) in [6.45, 7) is 14.0. The molecule has 2 saturated heterocycles. The highest BCUT2D eigenvalue weighted by atomic mass is 31.2. The first-order valence-corrected chi connectivity index (χ1v) is 28.5. The van der Waals surface area contributed by atoms with Gasteiger partial charge in [-0.15, -0.1) is 0 Å². The van der Waals surface area contributed by atoms with Crippen LogP contribution in [0.25, 0.3) is 44.3 Å². The monoisotopic (exact) mass is 980 g/mol. The summed E-state index contributed by atoms with van der Waals surface area (Å²) >= 11 is 0. The molecule has 368 valence electrons. The predicted molar refractivity (Wildman–Crippen MR) is 270 cm³/mol. The van der Waals surface area contributed by atoms with Crippen molar-refractivity contribution in [2.45, 2.75) is 84.1 Å². The maximum absolute atomic E-state index is 14.6. The van der Waals surface area contributed by atoms with Gasteiger partial charge >= 0.3 is 15.1 Å². The number of ether oxygens (including phenoxy) is 1. The summed E-state index contributed by atoms with van der Waals surface area (Å²) in [4.78, 5) is 19.2. The normalized spacial score (nSPS) is 22.4. The minimum Gasteiger partial charge on any atom is -0.482 e. The summed E-state index contributed by atoms with van der Waals surface area (Å²) < 4.78 is 58.2. The number of rotatable bonds is 23. The quantitative estimate of drug-likeness (QED) is 0.0409. The van der Waals surface area contributed by atoms with Gasteiger partial charge in [-0.1, -0.05) is 48.3 Å². The number of nitrogens with zero attached hydrogens (tertiary/aromatic N) is 8. The standard InChI is InChI=1S/C50H67N11O6P2/c1-4-56-68(62,65-5-2)34-64-42-14-8-13-39(26-42)44-30-61(41-24-37(25-41)28-58-17-10-18-58)50-46(44)48(52)59(33-55-50)19-20-67-69(63,66-6-3)31-35-11-7-12-38(21-35)43-29-60(49-45(43)47(51)53-32-54-49)40-22-36(23-40)27-57-15-9-16-57/h7-8,11-14,21,26,29-30,32-33,36-37,40-41,52H,4-6,9-10,15-20,22-25,27-28,31,34H2,1-3H3,(H3,51,53,54,56,62)/p+1. The minimum atomic E-state index is -3.63. The molecule has 6 aromatic rings. The van der Waals surface area contributed by atoms with E-state index in [2.05, 4.69) is 41.4 Å². The van der Waals surface area contributed by atoms with Gasteiger partial charge in [-0.25, -0.2) is 19.6 Å². The number of hydrogen-bond donors (Lipinski definition) is 3. The van der Waals surface area contributed by atoms with Crippen LogP contribution >= 0.6 is 15.1 Å². The topological polar surface area (TPSA) is 194 Å². The Balaban J connectivity index is 0.870. The lowest BCUT2D eigenvalue weighted by Crippen LogP contribution is -2.44. The maximum atomic E-state index is 14.6. The van der Waals surface area contributed by atoms with Crippen LogP contribution in [0.3, 0.4) is 0 Å². The largest absolute Gasteiger partial charge is 0.482 e. The zero-order chi connectivity index (χ0) is 47.7. The predicted octanol–water partition coefficient (Wildman–Crippen LogP) is 8.50. The van der Waals surface area contributed by atoms with E-state index < -0.39 is 15.1 Å². The molecule has 0 bridgehead atoms. The third kappa shape index (κ3) is 10.3. The molecule has 5 N–H and O–H groups in total. The Labute approximate surface area is 404 Å². The van der Waals surface area contributed by atoms with E-state index in [1.807, 2.05) is 73.9 Å². The van der Waals surface area contributed by atoms with Crippen LogP contribution in [0.1, 0.15) is 76.9 Å². The first kappa shape index (κ1) is 48.0. The average Bonchev–Trinajstić information content (AvgIpc) is 3.85. The molecule has 2 aliphatic heterocycles.